The second-order valence-electron chi connectivity index (χ2n) is 19.4. The van der Waals surface area contributed by atoms with Gasteiger partial charge in [-0.3, -0.25) is 4.79 Å². The molecule has 0 aromatic heterocycles. The molecule has 7 atom stereocenters. The van der Waals surface area contributed by atoms with Crippen LogP contribution in [0.4, 0.5) is 0 Å². The topological polar surface area (TPSA) is 149 Å². The molecule has 1 aliphatic heterocycles. The van der Waals surface area contributed by atoms with E-state index < -0.39 is 49.5 Å². The number of rotatable bonds is 47. The molecule has 66 heavy (non-hydrogen) atoms. The van der Waals surface area contributed by atoms with Gasteiger partial charge < -0.3 is 40.3 Å². The molecule has 0 aliphatic carbocycles. The Labute approximate surface area is 405 Å². The number of carbonyl (C=O) groups excluding carboxylic acids is 1. The fraction of sp³-hybridized carbons (Fsp3) is 0.842. The van der Waals surface area contributed by atoms with Crippen molar-refractivity contribution in [2.75, 3.05) is 13.2 Å². The number of carbonyl (C=O) groups is 1. The van der Waals surface area contributed by atoms with Crippen LogP contribution in [-0.4, -0.2) is 87.5 Å². The molecule has 9 nitrogen and oxygen atoms in total. The van der Waals surface area contributed by atoms with Crippen molar-refractivity contribution in [2.24, 2.45) is 0 Å². The second-order valence-corrected chi connectivity index (χ2v) is 19.4. The van der Waals surface area contributed by atoms with Crippen LogP contribution < -0.4 is 5.32 Å². The van der Waals surface area contributed by atoms with Crippen LogP contribution in [0.1, 0.15) is 251 Å². The van der Waals surface area contributed by atoms with E-state index in [1.54, 1.807) is 6.08 Å². The van der Waals surface area contributed by atoms with Gasteiger partial charge in [0, 0.05) is 6.42 Å². The van der Waals surface area contributed by atoms with Crippen LogP contribution in [0.15, 0.2) is 48.6 Å². The fourth-order valence-electron chi connectivity index (χ4n) is 8.68. The first kappa shape index (κ1) is 62.2. The van der Waals surface area contributed by atoms with Crippen molar-refractivity contribution in [3.05, 3.63) is 48.6 Å². The van der Waals surface area contributed by atoms with E-state index in [4.69, 9.17) is 9.47 Å². The largest absolute Gasteiger partial charge is 0.394 e. The lowest BCUT2D eigenvalue weighted by Crippen LogP contribution is -2.60. The Morgan fingerprint density at radius 3 is 1.42 bits per heavy atom. The first-order valence-electron chi connectivity index (χ1n) is 27.9. The van der Waals surface area contributed by atoms with Crippen molar-refractivity contribution in [3.8, 4) is 0 Å². The molecule has 1 amide bonds. The van der Waals surface area contributed by atoms with E-state index in [-0.39, 0.29) is 12.5 Å². The number of hydrogen-bond acceptors (Lipinski definition) is 8. The van der Waals surface area contributed by atoms with Gasteiger partial charge in [0.1, 0.15) is 24.4 Å². The smallest absolute Gasteiger partial charge is 0.220 e. The van der Waals surface area contributed by atoms with Crippen molar-refractivity contribution in [2.45, 2.75) is 294 Å². The molecule has 1 saturated heterocycles. The van der Waals surface area contributed by atoms with Crippen LogP contribution in [-0.2, 0) is 14.3 Å². The van der Waals surface area contributed by atoms with E-state index in [2.05, 4.69) is 55.6 Å². The normalized spacial score (nSPS) is 20.1. The van der Waals surface area contributed by atoms with Gasteiger partial charge in [0.2, 0.25) is 5.91 Å². The Morgan fingerprint density at radius 2 is 0.939 bits per heavy atom. The minimum Gasteiger partial charge on any atom is -0.394 e. The highest BCUT2D eigenvalue weighted by Gasteiger charge is 2.44. The molecule has 0 bridgehead atoms. The molecule has 9 heteroatoms. The minimum atomic E-state index is -1.58. The maximum Gasteiger partial charge on any atom is 0.220 e. The van der Waals surface area contributed by atoms with Crippen molar-refractivity contribution in [1.82, 2.24) is 5.32 Å². The summed E-state index contributed by atoms with van der Waals surface area (Å²) < 4.78 is 11.2. The Balaban J connectivity index is 2.20. The molecule has 0 radical (unpaired) electrons. The fourth-order valence-corrected chi connectivity index (χ4v) is 8.68. The average Bonchev–Trinajstić information content (AvgIpc) is 3.32. The lowest BCUT2D eigenvalue weighted by Gasteiger charge is -2.40. The predicted molar refractivity (Wildman–Crippen MR) is 276 cm³/mol. The number of ether oxygens (including phenoxy) is 2. The quantitative estimate of drug-likeness (QED) is 0.0261. The molecule has 1 heterocycles. The average molecular weight is 932 g/mol. The molecule has 6 N–H and O–H groups in total. The predicted octanol–water partition coefficient (Wildman–Crippen LogP) is 13.3. The van der Waals surface area contributed by atoms with E-state index >= 15 is 0 Å². The number of aliphatic hydroxyl groups is 5. The molecule has 0 saturated carbocycles. The van der Waals surface area contributed by atoms with Gasteiger partial charge in [0.25, 0.3) is 0 Å². The Kier molecular flexibility index (Phi) is 44.1. The molecule has 1 fully saturated rings. The Morgan fingerprint density at radius 1 is 0.515 bits per heavy atom. The van der Waals surface area contributed by atoms with Gasteiger partial charge in [-0.2, -0.15) is 0 Å². The van der Waals surface area contributed by atoms with Crippen molar-refractivity contribution >= 4 is 5.91 Å². The van der Waals surface area contributed by atoms with Crippen molar-refractivity contribution in [1.29, 1.82) is 0 Å². The molecule has 0 aromatic rings. The summed E-state index contributed by atoms with van der Waals surface area (Å²) in [6.45, 7) is 3.70. The van der Waals surface area contributed by atoms with Crippen LogP contribution in [0.3, 0.4) is 0 Å². The molecule has 386 valence electrons. The Bertz CT molecular complexity index is 1170. The molecular weight excluding hydrogens is 827 g/mol. The van der Waals surface area contributed by atoms with Crippen LogP contribution in [0.25, 0.3) is 0 Å². The van der Waals surface area contributed by atoms with Crippen LogP contribution >= 0.6 is 0 Å². The molecule has 0 spiro atoms. The summed E-state index contributed by atoms with van der Waals surface area (Å²) in [6, 6.07) is -0.830. The molecule has 1 rings (SSSR count). The molecule has 7 unspecified atom stereocenters. The minimum absolute atomic E-state index is 0.201. The van der Waals surface area contributed by atoms with E-state index in [0.29, 0.717) is 6.42 Å². The third-order valence-electron chi connectivity index (χ3n) is 13.1. The van der Waals surface area contributed by atoms with Gasteiger partial charge in [-0.25, -0.2) is 0 Å². The van der Waals surface area contributed by atoms with Crippen LogP contribution in [0.2, 0.25) is 0 Å². The summed E-state index contributed by atoms with van der Waals surface area (Å²) in [5.41, 5.74) is 0. The van der Waals surface area contributed by atoms with E-state index in [9.17, 15) is 30.3 Å². The van der Waals surface area contributed by atoms with Gasteiger partial charge >= 0.3 is 0 Å². The highest BCUT2D eigenvalue weighted by atomic mass is 16.7. The molecular formula is C57H105NO8. The molecule has 1 aliphatic rings. The Hall–Kier alpha value is -1.85. The van der Waals surface area contributed by atoms with Gasteiger partial charge in [-0.15, -0.1) is 0 Å². The number of amides is 1. The van der Waals surface area contributed by atoms with Gasteiger partial charge in [-0.1, -0.05) is 236 Å². The SMILES string of the molecule is CCC/C=C\C/C=C\CCCCCCCC(=O)NC(COC1OC(CO)C(O)C(O)C1O)C(O)/C=C/CC/C=C/CCCCCCCCCCCCCCCCCCCCCCCCCC. The van der Waals surface area contributed by atoms with Crippen LogP contribution in [0, 0.1) is 0 Å². The third kappa shape index (κ3) is 36.2. The zero-order chi connectivity index (χ0) is 48.0. The van der Waals surface area contributed by atoms with Crippen molar-refractivity contribution < 1.29 is 39.8 Å². The standard InChI is InChI=1S/C57H105NO8/c1-3-5-7-9-11-13-15-17-18-19-20-21-22-23-24-25-26-27-28-29-30-31-32-33-35-36-38-40-42-44-46-51(60)50(49-65-57-56(64)55(63)54(62)52(48-59)66-57)58-53(61)47-45-43-41-39-37-34-16-14-12-10-8-6-4-2/h8,10,14,16,36,38,44,46,50-52,54-57,59-60,62-64H,3-7,9,11-13,15,17-35,37,39-43,45,47-49H2,1-2H3,(H,58,61)/b10-8-,16-14-,38-36+,46-44+. The zero-order valence-corrected chi connectivity index (χ0v) is 42.7. The van der Waals surface area contributed by atoms with Gasteiger partial charge in [0.05, 0.1) is 25.4 Å². The number of aliphatic hydroxyl groups excluding tert-OH is 5. The lowest BCUT2D eigenvalue weighted by atomic mass is 9.99. The molecule has 0 aromatic carbocycles. The monoisotopic (exact) mass is 932 g/mol. The van der Waals surface area contributed by atoms with Crippen LogP contribution in [0.5, 0.6) is 0 Å². The van der Waals surface area contributed by atoms with E-state index in [0.717, 1.165) is 70.6 Å². The second kappa shape index (κ2) is 46.9. The van der Waals surface area contributed by atoms with E-state index in [1.165, 1.54) is 161 Å². The summed E-state index contributed by atoms with van der Waals surface area (Å²) in [7, 11) is 0. The first-order valence-corrected chi connectivity index (χ1v) is 27.9. The summed E-state index contributed by atoms with van der Waals surface area (Å²) in [5, 5.41) is 54.3. The number of nitrogens with one attached hydrogen (secondary N) is 1. The number of unbranched alkanes of at least 4 members (excludes halogenated alkanes) is 31. The lowest BCUT2D eigenvalue weighted by molar-refractivity contribution is -0.302. The third-order valence-corrected chi connectivity index (χ3v) is 13.1. The number of allylic oxidation sites excluding steroid dienone is 7. The highest BCUT2D eigenvalue weighted by molar-refractivity contribution is 5.76. The summed E-state index contributed by atoms with van der Waals surface area (Å²) in [5.74, 6) is -0.201. The summed E-state index contributed by atoms with van der Waals surface area (Å²) in [6.07, 6.45) is 54.8. The highest BCUT2D eigenvalue weighted by Crippen LogP contribution is 2.23. The maximum atomic E-state index is 13.0. The first-order chi connectivity index (χ1) is 32.3. The maximum absolute atomic E-state index is 13.0. The zero-order valence-electron chi connectivity index (χ0n) is 42.7. The number of hydrogen-bond donors (Lipinski definition) is 6. The van der Waals surface area contributed by atoms with E-state index in [1.807, 2.05) is 6.08 Å². The van der Waals surface area contributed by atoms with Gasteiger partial charge in [-0.05, 0) is 57.8 Å². The van der Waals surface area contributed by atoms with Gasteiger partial charge in [0.15, 0.2) is 6.29 Å². The van der Waals surface area contributed by atoms with Crippen molar-refractivity contribution in [3.63, 3.8) is 0 Å². The summed E-state index contributed by atoms with van der Waals surface area (Å²) in [4.78, 5) is 13.0. The summed E-state index contributed by atoms with van der Waals surface area (Å²) >= 11 is 0.